The molecule has 8 heteroatoms. The number of ether oxygens (including phenoxy) is 3. The second kappa shape index (κ2) is 10.8. The molecule has 2 amide bonds. The van der Waals surface area contributed by atoms with Crippen molar-refractivity contribution in [3.8, 4) is 11.5 Å². The number of hydrogen-bond donors (Lipinski definition) is 1. The number of esters is 1. The van der Waals surface area contributed by atoms with Crippen LogP contribution < -0.4 is 14.8 Å². The number of nitrogens with one attached hydrogen (secondary N) is 1. The van der Waals surface area contributed by atoms with Gasteiger partial charge in [-0.2, -0.15) is 0 Å². The van der Waals surface area contributed by atoms with Crippen molar-refractivity contribution in [1.82, 2.24) is 4.90 Å². The first-order chi connectivity index (χ1) is 14.3. The maximum atomic E-state index is 12.1. The monoisotopic (exact) mass is 414 g/mol. The van der Waals surface area contributed by atoms with Gasteiger partial charge in [0.2, 0.25) is 5.91 Å². The molecule has 160 valence electrons. The van der Waals surface area contributed by atoms with E-state index in [-0.39, 0.29) is 19.1 Å². The highest BCUT2D eigenvalue weighted by molar-refractivity contribution is 5.95. The fourth-order valence-corrected chi connectivity index (χ4v) is 2.66. The molecule has 0 bridgehead atoms. The summed E-state index contributed by atoms with van der Waals surface area (Å²) >= 11 is 0. The Labute approximate surface area is 175 Å². The third-order valence-corrected chi connectivity index (χ3v) is 4.07. The van der Waals surface area contributed by atoms with Crippen LogP contribution in [0.2, 0.25) is 0 Å². The van der Waals surface area contributed by atoms with Crippen LogP contribution in [0, 0.1) is 13.8 Å². The molecule has 1 N–H and O–H groups in total. The first-order valence-corrected chi connectivity index (χ1v) is 9.31. The fourth-order valence-electron chi connectivity index (χ4n) is 2.66. The van der Waals surface area contributed by atoms with Crippen molar-refractivity contribution in [1.29, 1.82) is 0 Å². The molecule has 0 saturated heterocycles. The average molecular weight is 414 g/mol. The van der Waals surface area contributed by atoms with Crippen LogP contribution in [0.4, 0.5) is 5.69 Å². The highest BCUT2D eigenvalue weighted by atomic mass is 16.6. The largest absolute Gasteiger partial charge is 0.497 e. The molecule has 8 nitrogen and oxygen atoms in total. The predicted octanol–water partition coefficient (Wildman–Crippen LogP) is 2.33. The van der Waals surface area contributed by atoms with Gasteiger partial charge in [0, 0.05) is 18.8 Å². The van der Waals surface area contributed by atoms with Crippen LogP contribution in [0.15, 0.2) is 42.5 Å². The SMILES string of the molecule is COc1cccc(NC(=O)CN(C)C(=O)COC(=O)COc2cc(C)cc(C)c2)c1. The van der Waals surface area contributed by atoms with E-state index < -0.39 is 18.5 Å². The number of rotatable bonds is 9. The number of aryl methyl sites for hydroxylation is 2. The Morgan fingerprint density at radius 3 is 2.33 bits per heavy atom. The number of amides is 2. The zero-order valence-corrected chi connectivity index (χ0v) is 17.6. The Morgan fingerprint density at radius 1 is 0.967 bits per heavy atom. The van der Waals surface area contributed by atoms with Crippen LogP contribution >= 0.6 is 0 Å². The van der Waals surface area contributed by atoms with Crippen molar-refractivity contribution in [3.63, 3.8) is 0 Å². The molecule has 0 saturated carbocycles. The van der Waals surface area contributed by atoms with E-state index in [1.165, 1.54) is 19.1 Å². The zero-order chi connectivity index (χ0) is 22.1. The Morgan fingerprint density at radius 2 is 1.67 bits per heavy atom. The molecule has 2 aromatic carbocycles. The van der Waals surface area contributed by atoms with E-state index >= 15 is 0 Å². The minimum Gasteiger partial charge on any atom is -0.497 e. The third kappa shape index (κ3) is 7.46. The lowest BCUT2D eigenvalue weighted by Crippen LogP contribution is -2.37. The average Bonchev–Trinajstić information content (AvgIpc) is 2.69. The first kappa shape index (κ1) is 22.7. The van der Waals surface area contributed by atoms with Crippen molar-refractivity contribution in [2.75, 3.05) is 39.2 Å². The van der Waals surface area contributed by atoms with Crippen molar-refractivity contribution < 1.29 is 28.6 Å². The Balaban J connectivity index is 1.73. The van der Waals surface area contributed by atoms with Crippen LogP contribution in [0.25, 0.3) is 0 Å². The van der Waals surface area contributed by atoms with Gasteiger partial charge in [0.1, 0.15) is 11.5 Å². The molecule has 0 aliphatic heterocycles. The molecule has 0 atom stereocenters. The van der Waals surface area contributed by atoms with E-state index in [9.17, 15) is 14.4 Å². The molecule has 0 unspecified atom stereocenters. The summed E-state index contributed by atoms with van der Waals surface area (Å²) in [7, 11) is 2.98. The molecule has 2 aromatic rings. The van der Waals surface area contributed by atoms with Gasteiger partial charge in [-0.3, -0.25) is 9.59 Å². The van der Waals surface area contributed by atoms with Gasteiger partial charge in [0.05, 0.1) is 13.7 Å². The van der Waals surface area contributed by atoms with Crippen molar-refractivity contribution in [2.45, 2.75) is 13.8 Å². The molecule has 0 aliphatic rings. The summed E-state index contributed by atoms with van der Waals surface area (Å²) in [5, 5.41) is 2.67. The van der Waals surface area contributed by atoms with Crippen molar-refractivity contribution in [2.24, 2.45) is 0 Å². The Bertz CT molecular complexity index is 892. The lowest BCUT2D eigenvalue weighted by Gasteiger charge is -2.17. The summed E-state index contributed by atoms with van der Waals surface area (Å²) in [6.07, 6.45) is 0. The van der Waals surface area contributed by atoms with Gasteiger partial charge in [0.15, 0.2) is 13.2 Å². The molecule has 2 rings (SSSR count). The topological polar surface area (TPSA) is 94.2 Å². The molecule has 0 spiro atoms. The van der Waals surface area contributed by atoms with E-state index in [1.807, 2.05) is 19.9 Å². The van der Waals surface area contributed by atoms with Gasteiger partial charge >= 0.3 is 5.97 Å². The Kier molecular flexibility index (Phi) is 8.22. The maximum Gasteiger partial charge on any atom is 0.344 e. The quantitative estimate of drug-likeness (QED) is 0.633. The highest BCUT2D eigenvalue weighted by Crippen LogP contribution is 2.17. The van der Waals surface area contributed by atoms with Crippen LogP contribution in [-0.2, 0) is 19.1 Å². The molecule has 0 radical (unpaired) electrons. The van der Waals surface area contributed by atoms with Crippen LogP contribution in [0.1, 0.15) is 11.1 Å². The predicted molar refractivity (Wildman–Crippen MR) is 112 cm³/mol. The number of methoxy groups -OCH3 is 1. The number of carbonyl (C=O) groups is 3. The lowest BCUT2D eigenvalue weighted by atomic mass is 10.1. The summed E-state index contributed by atoms with van der Waals surface area (Å²) in [6, 6.07) is 12.5. The second-order valence-corrected chi connectivity index (χ2v) is 6.80. The van der Waals surface area contributed by atoms with Crippen molar-refractivity contribution >= 4 is 23.5 Å². The Hall–Kier alpha value is -3.55. The van der Waals surface area contributed by atoms with Gasteiger partial charge in [-0.15, -0.1) is 0 Å². The maximum absolute atomic E-state index is 12.1. The van der Waals surface area contributed by atoms with Gasteiger partial charge in [-0.25, -0.2) is 4.79 Å². The molecular weight excluding hydrogens is 388 g/mol. The summed E-state index contributed by atoms with van der Waals surface area (Å²) in [4.78, 5) is 37.2. The van der Waals surface area contributed by atoms with Gasteiger partial charge < -0.3 is 24.4 Å². The molecular formula is C22H26N2O6. The van der Waals surface area contributed by atoms with Crippen LogP contribution in [-0.4, -0.2) is 56.6 Å². The van der Waals surface area contributed by atoms with Gasteiger partial charge in [-0.1, -0.05) is 12.1 Å². The number of nitrogens with zero attached hydrogens (tertiary/aromatic N) is 1. The smallest absolute Gasteiger partial charge is 0.344 e. The fraction of sp³-hybridized carbons (Fsp3) is 0.318. The van der Waals surface area contributed by atoms with Crippen LogP contribution in [0.5, 0.6) is 11.5 Å². The number of anilines is 1. The molecule has 30 heavy (non-hydrogen) atoms. The molecule has 0 fully saturated rings. The summed E-state index contributed by atoms with van der Waals surface area (Å²) < 4.78 is 15.4. The second-order valence-electron chi connectivity index (χ2n) is 6.80. The first-order valence-electron chi connectivity index (χ1n) is 9.31. The standard InChI is InChI=1S/C22H26N2O6/c1-15-8-16(2)10-19(9-15)29-14-22(27)30-13-21(26)24(3)12-20(25)23-17-6-5-7-18(11-17)28-4/h5-11H,12-14H2,1-4H3,(H,23,25). The number of likely N-dealkylation sites (N-methyl/N-ethyl adjacent to an activating group) is 1. The minimum atomic E-state index is -0.670. The van der Waals surface area contributed by atoms with E-state index in [0.29, 0.717) is 17.2 Å². The summed E-state index contributed by atoms with van der Waals surface area (Å²) in [6.45, 7) is 2.88. The van der Waals surface area contributed by atoms with E-state index in [0.717, 1.165) is 11.1 Å². The summed E-state index contributed by atoms with van der Waals surface area (Å²) in [5.74, 6) is -0.398. The molecule has 0 aromatic heterocycles. The molecule has 0 aliphatic carbocycles. The number of hydrogen-bond acceptors (Lipinski definition) is 6. The number of carbonyl (C=O) groups excluding carboxylic acids is 3. The minimum absolute atomic E-state index is 0.188. The third-order valence-electron chi connectivity index (χ3n) is 4.07. The zero-order valence-electron chi connectivity index (χ0n) is 17.6. The lowest BCUT2D eigenvalue weighted by molar-refractivity contribution is -0.153. The van der Waals surface area contributed by atoms with E-state index in [1.54, 1.807) is 36.4 Å². The van der Waals surface area contributed by atoms with Crippen molar-refractivity contribution in [3.05, 3.63) is 53.6 Å². The normalized spacial score (nSPS) is 10.1. The van der Waals surface area contributed by atoms with Gasteiger partial charge in [-0.05, 0) is 49.2 Å². The van der Waals surface area contributed by atoms with E-state index in [4.69, 9.17) is 14.2 Å². The van der Waals surface area contributed by atoms with E-state index in [2.05, 4.69) is 5.32 Å². The highest BCUT2D eigenvalue weighted by Gasteiger charge is 2.16. The van der Waals surface area contributed by atoms with Gasteiger partial charge in [0.25, 0.3) is 5.91 Å². The molecule has 0 heterocycles. The number of benzene rings is 2. The summed E-state index contributed by atoms with van der Waals surface area (Å²) in [5.41, 5.74) is 2.58. The van der Waals surface area contributed by atoms with Crippen LogP contribution in [0.3, 0.4) is 0 Å².